The Bertz CT molecular complexity index is 2140. The van der Waals surface area contributed by atoms with Gasteiger partial charge < -0.3 is 95.6 Å². The van der Waals surface area contributed by atoms with E-state index in [1.165, 1.54) is 41.5 Å². The van der Waals surface area contributed by atoms with Crippen molar-refractivity contribution in [3.63, 3.8) is 0 Å². The third kappa shape index (κ3) is 32.6. The third-order valence-corrected chi connectivity index (χ3v) is 11.3. The smallest absolute Gasteiger partial charge is 0.308 e. The molecule has 0 aromatic carbocycles. The maximum atomic E-state index is 14.3. The van der Waals surface area contributed by atoms with E-state index in [2.05, 4.69) is 31.9 Å². The van der Waals surface area contributed by atoms with Crippen molar-refractivity contribution in [2.45, 2.75) is 219 Å². The number of aliphatic hydroxyl groups is 3. The van der Waals surface area contributed by atoms with Gasteiger partial charge in [0.2, 0.25) is 29.5 Å². The van der Waals surface area contributed by atoms with Crippen molar-refractivity contribution in [3.8, 4) is 0 Å². The second kappa shape index (κ2) is 36.4. The summed E-state index contributed by atoms with van der Waals surface area (Å²) in [6, 6.07) is -8.03. The second-order valence-corrected chi connectivity index (χ2v) is 24.2. The molecule has 1 rings (SSSR count). The van der Waals surface area contributed by atoms with Gasteiger partial charge in [-0.15, -0.1) is 0 Å². The molecule has 0 radical (unpaired) electrons. The van der Waals surface area contributed by atoms with Crippen LogP contribution in [-0.4, -0.2) is 224 Å². The summed E-state index contributed by atoms with van der Waals surface area (Å²) < 4.78 is 48.7. The van der Waals surface area contributed by atoms with Gasteiger partial charge in [0.1, 0.15) is 70.9 Å². The zero-order chi connectivity index (χ0) is 64.3. The van der Waals surface area contributed by atoms with Crippen molar-refractivity contribution in [2.75, 3.05) is 65.9 Å². The first kappa shape index (κ1) is 76.4. The maximum Gasteiger partial charge on any atom is 0.308 e. The van der Waals surface area contributed by atoms with E-state index in [0.29, 0.717) is 19.8 Å². The monoisotopic (exact) mass is 1210 g/mol. The molecule has 0 bridgehead atoms. The average molecular weight is 1210 g/mol. The molecule has 0 aromatic rings. The first-order valence-electron chi connectivity index (χ1n) is 28.1. The Morgan fingerprint density at radius 3 is 1.33 bits per heavy atom. The number of nitrogens with one attached hydrogen (secondary N) is 6. The molecule has 1 heterocycles. The molecule has 484 valence electrons. The average Bonchev–Trinajstić information content (AvgIpc) is 3.53. The zero-order valence-corrected chi connectivity index (χ0v) is 51.6. The van der Waals surface area contributed by atoms with Crippen LogP contribution < -0.4 is 37.6 Å². The van der Waals surface area contributed by atoms with Gasteiger partial charge in [-0.3, -0.25) is 47.9 Å². The summed E-state index contributed by atoms with van der Waals surface area (Å²) in [5.74, 6) is -9.99. The van der Waals surface area contributed by atoms with Gasteiger partial charge in [0, 0.05) is 19.5 Å². The Kier molecular flexibility index (Phi) is 33.0. The van der Waals surface area contributed by atoms with Crippen molar-refractivity contribution in [1.29, 1.82) is 0 Å². The van der Waals surface area contributed by atoms with Crippen molar-refractivity contribution >= 4 is 59.3 Å². The predicted molar refractivity (Wildman–Crippen MR) is 299 cm³/mol. The first-order chi connectivity index (χ1) is 38.7. The molecule has 29 nitrogen and oxygen atoms in total. The molecule has 1 aliphatic rings. The molecule has 6 amide bonds. The Labute approximate surface area is 492 Å². The number of ether oxygens (including phenoxy) is 9. The highest BCUT2D eigenvalue weighted by Crippen LogP contribution is 2.22. The molecule has 11 N–H and O–H groups in total. The fourth-order valence-electron chi connectivity index (χ4n) is 7.47. The zero-order valence-electron chi connectivity index (χ0n) is 51.6. The van der Waals surface area contributed by atoms with Gasteiger partial charge in [0.05, 0.1) is 78.2 Å². The molecule has 84 heavy (non-hydrogen) atoms. The minimum absolute atomic E-state index is 0.0358. The summed E-state index contributed by atoms with van der Waals surface area (Å²) in [7, 11) is 0. The minimum Gasteiger partial charge on any atom is -0.460 e. The first-order valence-corrected chi connectivity index (χ1v) is 28.1. The summed E-state index contributed by atoms with van der Waals surface area (Å²) >= 11 is 0. The highest BCUT2D eigenvalue weighted by atomic mass is 16.6. The van der Waals surface area contributed by atoms with E-state index in [1.807, 2.05) is 0 Å². The second-order valence-electron chi connectivity index (χ2n) is 24.2. The quantitative estimate of drug-likeness (QED) is 0.0194. The van der Waals surface area contributed by atoms with Crippen molar-refractivity contribution in [1.82, 2.24) is 31.9 Å². The standard InChI is InChI=1S/C55H97N7O22/c1-31(2)41(62-47(71)33(16-17-37(63)81-52(4,5)6)59-49(73)35(29-40(66)84-55(13,14)15)61-51(75)45-44(69)43(68)42(67)36(30-56)80-45)50(74)60-34(28-39(65)83-54(10,11)12)48(72)58-32(3)46(70)57-19-21-77-23-25-79-27-26-78-24-22-76-20-18-38(64)82-53(7,8)9/h31-36,41-45,67-69H,16-30,56H2,1-15H3,(H,57,70)(H,58,72)(H,59,73)(H,60,74)(H,61,75)(H,62,71)/t32-,33-,34-,35-,36?,41-,42?,43?,44?,45?/m0/s1. The van der Waals surface area contributed by atoms with Crippen LogP contribution in [0.1, 0.15) is 136 Å². The SMILES string of the molecule is CC(C)[C@H](NC(=O)[C@H](CCC(=O)OC(C)(C)C)NC(=O)[C@H](CC(=O)OC(C)(C)C)NC(=O)C1OC(CN)C(O)C(O)C1O)C(=O)N[C@@H](CC(=O)OC(C)(C)C)C(=O)N[C@@H](C)C(=O)NCCOCCOCCOCCOCCC(=O)OC(C)(C)C. The largest absolute Gasteiger partial charge is 0.460 e. The van der Waals surface area contributed by atoms with Crippen LogP contribution in [0.25, 0.3) is 0 Å². The van der Waals surface area contributed by atoms with Crippen molar-refractivity contribution < 1.29 is 106 Å². The fraction of sp³-hybridized carbons (Fsp3) is 0.818. The van der Waals surface area contributed by atoms with E-state index in [9.17, 15) is 63.3 Å². The van der Waals surface area contributed by atoms with Crippen LogP contribution in [0.5, 0.6) is 0 Å². The molecule has 29 heteroatoms. The predicted octanol–water partition coefficient (Wildman–Crippen LogP) is -1.61. The topological polar surface area (TPSA) is 413 Å². The summed E-state index contributed by atoms with van der Waals surface area (Å²) in [6.07, 6.45) is -11.3. The van der Waals surface area contributed by atoms with Crippen molar-refractivity contribution in [2.24, 2.45) is 11.7 Å². The van der Waals surface area contributed by atoms with Crippen LogP contribution in [0, 0.1) is 5.92 Å². The molecule has 0 aromatic heterocycles. The number of aliphatic hydroxyl groups excluding tert-OH is 3. The normalized spacial score (nSPS) is 19.3. The molecule has 10 atom stereocenters. The number of esters is 4. The lowest BCUT2D eigenvalue weighted by atomic mass is 9.94. The molecule has 5 unspecified atom stereocenters. The summed E-state index contributed by atoms with van der Waals surface area (Å²) in [6.45, 7) is 25.4. The van der Waals surface area contributed by atoms with E-state index in [1.54, 1.807) is 62.3 Å². The molecule has 1 saturated heterocycles. The molecular formula is C55H97N7O22. The van der Waals surface area contributed by atoms with Gasteiger partial charge in [-0.2, -0.15) is 0 Å². The Balaban J connectivity index is 3.18. The van der Waals surface area contributed by atoms with Crippen molar-refractivity contribution in [3.05, 3.63) is 0 Å². The van der Waals surface area contributed by atoms with Gasteiger partial charge >= 0.3 is 23.9 Å². The number of carbonyl (C=O) groups is 10. The summed E-state index contributed by atoms with van der Waals surface area (Å²) in [5.41, 5.74) is 2.00. The molecule has 1 aliphatic heterocycles. The Hall–Kier alpha value is -5.66. The van der Waals surface area contributed by atoms with E-state index in [0.717, 1.165) is 0 Å². The van der Waals surface area contributed by atoms with Gasteiger partial charge in [0.25, 0.3) is 5.91 Å². The number of amides is 6. The van der Waals surface area contributed by atoms with Crippen LogP contribution in [0.15, 0.2) is 0 Å². The molecule has 0 aliphatic carbocycles. The summed E-state index contributed by atoms with van der Waals surface area (Å²) in [4.78, 5) is 134. The fourth-order valence-corrected chi connectivity index (χ4v) is 7.47. The molecule has 0 spiro atoms. The van der Waals surface area contributed by atoms with Gasteiger partial charge in [-0.05, 0) is 102 Å². The minimum atomic E-state index is -2.03. The summed E-state index contributed by atoms with van der Waals surface area (Å²) in [5, 5.41) is 46.2. The van der Waals surface area contributed by atoms with Crippen LogP contribution in [-0.2, 0) is 90.6 Å². The maximum absolute atomic E-state index is 14.3. The van der Waals surface area contributed by atoms with Gasteiger partial charge in [-0.25, -0.2) is 0 Å². The number of rotatable bonds is 35. The molecule has 1 fully saturated rings. The lowest BCUT2D eigenvalue weighted by Crippen LogP contribution is -2.64. The number of carbonyl (C=O) groups excluding carboxylic acids is 10. The van der Waals surface area contributed by atoms with Gasteiger partial charge in [-0.1, -0.05) is 13.8 Å². The molecular weight excluding hydrogens is 1110 g/mol. The third-order valence-electron chi connectivity index (χ3n) is 11.3. The van der Waals surface area contributed by atoms with E-state index in [-0.39, 0.29) is 52.0 Å². The Morgan fingerprint density at radius 1 is 0.464 bits per heavy atom. The van der Waals surface area contributed by atoms with Crippen LogP contribution in [0.4, 0.5) is 0 Å². The number of hydrogen-bond donors (Lipinski definition) is 10. The highest BCUT2D eigenvalue weighted by molar-refractivity contribution is 5.98. The van der Waals surface area contributed by atoms with E-state index < -0.39 is 175 Å². The van der Waals surface area contributed by atoms with Crippen LogP contribution in [0.2, 0.25) is 0 Å². The van der Waals surface area contributed by atoms with E-state index in [4.69, 9.17) is 48.4 Å². The van der Waals surface area contributed by atoms with E-state index >= 15 is 0 Å². The lowest BCUT2D eigenvalue weighted by Gasteiger charge is -2.39. The highest BCUT2D eigenvalue weighted by Gasteiger charge is 2.47. The van der Waals surface area contributed by atoms with Crippen LogP contribution in [0.3, 0.4) is 0 Å². The Morgan fingerprint density at radius 2 is 0.869 bits per heavy atom. The number of nitrogens with two attached hydrogens (primary N) is 1. The number of hydrogen-bond acceptors (Lipinski definition) is 23. The van der Waals surface area contributed by atoms with Gasteiger partial charge in [0.15, 0.2) is 6.10 Å². The van der Waals surface area contributed by atoms with Crippen LogP contribution >= 0.6 is 0 Å². The molecule has 0 saturated carbocycles. The lowest BCUT2D eigenvalue weighted by molar-refractivity contribution is -0.218.